The molecule has 23 heavy (non-hydrogen) atoms. The molecule has 0 aliphatic carbocycles. The molecule has 3 heterocycles. The highest BCUT2D eigenvalue weighted by Crippen LogP contribution is 2.29. The predicted molar refractivity (Wildman–Crippen MR) is 92.5 cm³/mol. The van der Waals surface area contributed by atoms with Crippen LogP contribution >= 0.6 is 0 Å². The minimum atomic E-state index is 0.0717. The number of nitrogens with one attached hydrogen (secondary N) is 1. The molecule has 1 aromatic rings. The third kappa shape index (κ3) is 3.74. The molecule has 2 aliphatic rings. The van der Waals surface area contributed by atoms with Crippen LogP contribution < -0.4 is 5.32 Å². The maximum Gasteiger partial charge on any atom is 0.272 e. The molecule has 1 amide bonds. The number of rotatable bonds is 2. The summed E-state index contributed by atoms with van der Waals surface area (Å²) in [6, 6.07) is 3.92. The fourth-order valence-corrected chi connectivity index (χ4v) is 3.78. The van der Waals surface area contributed by atoms with Crippen LogP contribution in [-0.4, -0.2) is 42.0 Å². The number of hydrogen-bond donors (Lipinski definition) is 1. The van der Waals surface area contributed by atoms with Gasteiger partial charge in [0.1, 0.15) is 5.69 Å². The van der Waals surface area contributed by atoms with Gasteiger partial charge in [0.2, 0.25) is 0 Å². The van der Waals surface area contributed by atoms with E-state index in [-0.39, 0.29) is 11.3 Å². The maximum absolute atomic E-state index is 12.6. The smallest absolute Gasteiger partial charge is 0.272 e. The molecule has 3 rings (SSSR count). The summed E-state index contributed by atoms with van der Waals surface area (Å²) in [5.41, 5.74) is 1.82. The molecule has 0 aromatic carbocycles. The Labute approximate surface area is 139 Å². The van der Waals surface area contributed by atoms with Crippen molar-refractivity contribution in [3.8, 4) is 0 Å². The summed E-state index contributed by atoms with van der Waals surface area (Å²) in [4.78, 5) is 19.0. The van der Waals surface area contributed by atoms with E-state index in [2.05, 4.69) is 31.1 Å². The number of hydrogen-bond acceptors (Lipinski definition) is 3. The normalized spacial score (nSPS) is 23.3. The van der Waals surface area contributed by atoms with Gasteiger partial charge in [-0.05, 0) is 61.2 Å². The van der Waals surface area contributed by atoms with E-state index in [1.54, 1.807) is 0 Å². The molecule has 1 N–H and O–H groups in total. The first-order chi connectivity index (χ1) is 10.9. The first kappa shape index (κ1) is 16.4. The molecule has 2 aliphatic heterocycles. The molecule has 0 radical (unpaired) electrons. The van der Waals surface area contributed by atoms with E-state index in [1.165, 1.54) is 12.0 Å². The van der Waals surface area contributed by atoms with Crippen LogP contribution in [0.5, 0.6) is 0 Å². The Morgan fingerprint density at radius 3 is 2.43 bits per heavy atom. The van der Waals surface area contributed by atoms with Gasteiger partial charge in [0, 0.05) is 19.3 Å². The van der Waals surface area contributed by atoms with Crippen LogP contribution in [0.3, 0.4) is 0 Å². The Kier molecular flexibility index (Phi) is 4.72. The lowest BCUT2D eigenvalue weighted by molar-refractivity contribution is 0.0657. The Bertz CT molecular complexity index is 533. The number of carbonyl (C=O) groups excluding carboxylic acids is 1. The zero-order valence-electron chi connectivity index (χ0n) is 14.6. The lowest BCUT2D eigenvalue weighted by Gasteiger charge is -2.34. The van der Waals surface area contributed by atoms with Gasteiger partial charge in [-0.25, -0.2) is 0 Å². The summed E-state index contributed by atoms with van der Waals surface area (Å²) in [6.45, 7) is 10.6. The summed E-state index contributed by atoms with van der Waals surface area (Å²) < 4.78 is 0. The molecular weight excluding hydrogens is 286 g/mol. The number of aromatic nitrogens is 1. The average molecular weight is 315 g/mol. The van der Waals surface area contributed by atoms with Crippen molar-refractivity contribution in [2.75, 3.05) is 26.2 Å². The standard InChI is InChI=1S/C19H29N3O/c1-19(2,3)16-4-5-17(21-13-16)18(23)22-10-7-14(8-11-22)15-6-9-20-12-15/h4-5,13-15,20H,6-12H2,1-3H3. The summed E-state index contributed by atoms with van der Waals surface area (Å²) in [7, 11) is 0. The maximum atomic E-state index is 12.6. The van der Waals surface area contributed by atoms with Crippen LogP contribution in [-0.2, 0) is 5.41 Å². The SMILES string of the molecule is CC(C)(C)c1ccc(C(=O)N2CCC(C3CCNC3)CC2)nc1. The highest BCUT2D eigenvalue weighted by Gasteiger charge is 2.30. The second-order valence-electron chi connectivity index (χ2n) is 8.06. The van der Waals surface area contributed by atoms with E-state index in [0.29, 0.717) is 5.69 Å². The molecule has 1 unspecified atom stereocenters. The average Bonchev–Trinajstić information content (AvgIpc) is 3.08. The summed E-state index contributed by atoms with van der Waals surface area (Å²) in [5, 5.41) is 3.46. The number of amides is 1. The quantitative estimate of drug-likeness (QED) is 0.913. The molecule has 2 saturated heterocycles. The van der Waals surface area contributed by atoms with Crippen LogP contribution in [0.15, 0.2) is 18.3 Å². The van der Waals surface area contributed by atoms with E-state index in [0.717, 1.165) is 50.9 Å². The molecule has 0 saturated carbocycles. The Hall–Kier alpha value is -1.42. The van der Waals surface area contributed by atoms with Crippen LogP contribution in [0.25, 0.3) is 0 Å². The van der Waals surface area contributed by atoms with Gasteiger partial charge in [-0.3, -0.25) is 9.78 Å². The fourth-order valence-electron chi connectivity index (χ4n) is 3.78. The van der Waals surface area contributed by atoms with E-state index in [9.17, 15) is 4.79 Å². The number of pyridine rings is 1. The van der Waals surface area contributed by atoms with Crippen LogP contribution in [0.4, 0.5) is 0 Å². The van der Waals surface area contributed by atoms with E-state index < -0.39 is 0 Å². The molecule has 1 atom stereocenters. The molecule has 1 aromatic heterocycles. The zero-order valence-corrected chi connectivity index (χ0v) is 14.6. The van der Waals surface area contributed by atoms with Gasteiger partial charge < -0.3 is 10.2 Å². The zero-order chi connectivity index (χ0) is 16.4. The van der Waals surface area contributed by atoms with Crippen LogP contribution in [0, 0.1) is 11.8 Å². The predicted octanol–water partition coefficient (Wildman–Crippen LogP) is 2.84. The van der Waals surface area contributed by atoms with Crippen molar-refractivity contribution in [2.45, 2.75) is 45.4 Å². The first-order valence-electron chi connectivity index (χ1n) is 8.91. The molecule has 126 valence electrons. The van der Waals surface area contributed by atoms with Gasteiger partial charge in [-0.15, -0.1) is 0 Å². The van der Waals surface area contributed by atoms with Gasteiger partial charge in [-0.2, -0.15) is 0 Å². The highest BCUT2D eigenvalue weighted by molar-refractivity contribution is 5.92. The molecule has 0 spiro atoms. The number of carbonyl (C=O) groups is 1. The van der Waals surface area contributed by atoms with Crippen molar-refractivity contribution in [3.63, 3.8) is 0 Å². The third-order valence-corrected chi connectivity index (χ3v) is 5.44. The van der Waals surface area contributed by atoms with Crippen molar-refractivity contribution in [2.24, 2.45) is 11.8 Å². The highest BCUT2D eigenvalue weighted by atomic mass is 16.2. The Balaban J connectivity index is 1.58. The minimum absolute atomic E-state index is 0.0717. The van der Waals surface area contributed by atoms with Gasteiger partial charge in [0.15, 0.2) is 0 Å². The van der Waals surface area contributed by atoms with Crippen molar-refractivity contribution >= 4 is 5.91 Å². The van der Waals surface area contributed by atoms with Gasteiger partial charge >= 0.3 is 0 Å². The number of nitrogens with zero attached hydrogens (tertiary/aromatic N) is 2. The molecule has 4 nitrogen and oxygen atoms in total. The van der Waals surface area contributed by atoms with E-state index >= 15 is 0 Å². The molecule has 2 fully saturated rings. The van der Waals surface area contributed by atoms with Gasteiger partial charge in [0.05, 0.1) is 0 Å². The first-order valence-corrected chi connectivity index (χ1v) is 8.91. The second kappa shape index (κ2) is 6.60. The van der Waals surface area contributed by atoms with E-state index in [1.807, 2.05) is 23.2 Å². The molecule has 0 bridgehead atoms. The number of likely N-dealkylation sites (tertiary alicyclic amines) is 1. The minimum Gasteiger partial charge on any atom is -0.337 e. The van der Waals surface area contributed by atoms with E-state index in [4.69, 9.17) is 0 Å². The lowest BCUT2D eigenvalue weighted by atomic mass is 9.83. The van der Waals surface area contributed by atoms with Crippen LogP contribution in [0.1, 0.15) is 56.1 Å². The van der Waals surface area contributed by atoms with Crippen molar-refractivity contribution in [3.05, 3.63) is 29.6 Å². The summed E-state index contributed by atoms with van der Waals surface area (Å²) >= 11 is 0. The monoisotopic (exact) mass is 315 g/mol. The van der Waals surface area contributed by atoms with Crippen molar-refractivity contribution in [1.82, 2.24) is 15.2 Å². The molecular formula is C19H29N3O. The second-order valence-corrected chi connectivity index (χ2v) is 8.06. The third-order valence-electron chi connectivity index (χ3n) is 5.44. The Morgan fingerprint density at radius 1 is 1.17 bits per heavy atom. The van der Waals surface area contributed by atoms with Crippen molar-refractivity contribution in [1.29, 1.82) is 0 Å². The van der Waals surface area contributed by atoms with Gasteiger partial charge in [0.25, 0.3) is 5.91 Å². The lowest BCUT2D eigenvalue weighted by Crippen LogP contribution is -2.40. The topological polar surface area (TPSA) is 45.2 Å². The summed E-state index contributed by atoms with van der Waals surface area (Å²) in [5.74, 6) is 1.69. The largest absolute Gasteiger partial charge is 0.337 e. The molecule has 4 heteroatoms. The van der Waals surface area contributed by atoms with Crippen LogP contribution in [0.2, 0.25) is 0 Å². The fraction of sp³-hybridized carbons (Fsp3) is 0.684. The van der Waals surface area contributed by atoms with Crippen molar-refractivity contribution < 1.29 is 4.79 Å². The number of piperidine rings is 1. The summed E-state index contributed by atoms with van der Waals surface area (Å²) in [6.07, 6.45) is 5.43. The van der Waals surface area contributed by atoms with Gasteiger partial charge in [-0.1, -0.05) is 26.8 Å². The Morgan fingerprint density at radius 2 is 1.91 bits per heavy atom.